The summed E-state index contributed by atoms with van der Waals surface area (Å²) in [6, 6.07) is 17.3. The Bertz CT molecular complexity index is 584. The zero-order chi connectivity index (χ0) is 20.1. The van der Waals surface area contributed by atoms with Gasteiger partial charge in [-0.25, -0.2) is 0 Å². The second-order valence-corrected chi connectivity index (χ2v) is 7.03. The van der Waals surface area contributed by atoms with Gasteiger partial charge in [-0.15, -0.1) is 0 Å². The molecule has 0 aromatic heterocycles. The minimum atomic E-state index is 1.10. The highest BCUT2D eigenvalue weighted by atomic mass is 15.1. The predicted molar refractivity (Wildman–Crippen MR) is 122 cm³/mol. The van der Waals surface area contributed by atoms with Crippen LogP contribution in [0.15, 0.2) is 48.5 Å². The Morgan fingerprint density at radius 1 is 0.778 bits per heavy atom. The van der Waals surface area contributed by atoms with Crippen LogP contribution in [-0.2, 0) is 6.42 Å². The van der Waals surface area contributed by atoms with Crippen LogP contribution in [-0.4, -0.2) is 50.1 Å². The first kappa shape index (κ1) is 23.4. The van der Waals surface area contributed by atoms with Gasteiger partial charge >= 0.3 is 0 Å². The molecule has 1 aliphatic carbocycles. The summed E-state index contributed by atoms with van der Waals surface area (Å²) in [7, 11) is 4.11. The van der Waals surface area contributed by atoms with Gasteiger partial charge in [0.2, 0.25) is 0 Å². The number of likely N-dealkylation sites (tertiary alicyclic amines) is 1. The average molecular weight is 369 g/mol. The van der Waals surface area contributed by atoms with Crippen LogP contribution in [0.1, 0.15) is 51.7 Å². The Morgan fingerprint density at radius 2 is 1.19 bits per heavy atom. The summed E-state index contributed by atoms with van der Waals surface area (Å²) in [5.74, 6) is 0. The van der Waals surface area contributed by atoms with Gasteiger partial charge in [-0.05, 0) is 81.8 Å². The molecule has 27 heavy (non-hydrogen) atoms. The van der Waals surface area contributed by atoms with Crippen molar-refractivity contribution < 1.29 is 0 Å². The van der Waals surface area contributed by atoms with Crippen LogP contribution in [0.25, 0.3) is 11.1 Å². The Balaban J connectivity index is 0.000000222. The molecular formula is C25H40N2. The maximum absolute atomic E-state index is 2.49. The monoisotopic (exact) mass is 368 g/mol. The Hall–Kier alpha value is -1.64. The molecular weight excluding hydrogens is 328 g/mol. The van der Waals surface area contributed by atoms with Crippen molar-refractivity contribution in [1.29, 1.82) is 0 Å². The van der Waals surface area contributed by atoms with Crippen LogP contribution < -0.4 is 0 Å². The minimum Gasteiger partial charge on any atom is -0.310 e. The Kier molecular flexibility index (Phi) is 11.7. The van der Waals surface area contributed by atoms with Crippen molar-refractivity contribution in [3.63, 3.8) is 0 Å². The van der Waals surface area contributed by atoms with Crippen LogP contribution in [0, 0.1) is 0 Å². The van der Waals surface area contributed by atoms with Gasteiger partial charge in [-0.3, -0.25) is 0 Å². The molecule has 4 rings (SSSR count). The fourth-order valence-corrected chi connectivity index (χ4v) is 3.18. The van der Waals surface area contributed by atoms with Crippen LogP contribution in [0.5, 0.6) is 0 Å². The highest BCUT2D eigenvalue weighted by Crippen LogP contribution is 2.35. The van der Waals surface area contributed by atoms with E-state index in [2.05, 4.69) is 86.3 Å². The lowest BCUT2D eigenvalue weighted by Crippen LogP contribution is -2.17. The van der Waals surface area contributed by atoms with Gasteiger partial charge in [0.1, 0.15) is 0 Å². The van der Waals surface area contributed by atoms with E-state index in [9.17, 15) is 0 Å². The van der Waals surface area contributed by atoms with Crippen LogP contribution in [0.3, 0.4) is 0 Å². The summed E-state index contributed by atoms with van der Waals surface area (Å²) < 4.78 is 0. The molecule has 0 saturated carbocycles. The summed E-state index contributed by atoms with van der Waals surface area (Å²) >= 11 is 0. The molecule has 0 N–H and O–H groups in total. The number of nitrogens with zero attached hydrogens (tertiary/aromatic N) is 2. The predicted octanol–water partition coefficient (Wildman–Crippen LogP) is 5.95. The van der Waals surface area contributed by atoms with Gasteiger partial charge in [-0.2, -0.15) is 0 Å². The van der Waals surface area contributed by atoms with Crippen LogP contribution in [0.2, 0.25) is 0 Å². The van der Waals surface area contributed by atoms with E-state index in [1.54, 1.807) is 0 Å². The third-order valence-corrected chi connectivity index (χ3v) is 4.98. The van der Waals surface area contributed by atoms with Gasteiger partial charge in [0, 0.05) is 0 Å². The van der Waals surface area contributed by atoms with E-state index in [4.69, 9.17) is 0 Å². The molecule has 1 aliphatic heterocycles. The maximum Gasteiger partial charge on any atom is -0.00135 e. The zero-order valence-corrected chi connectivity index (χ0v) is 18.5. The number of rotatable bonds is 2. The highest BCUT2D eigenvalue weighted by molar-refractivity contribution is 5.76. The Labute approximate surface area is 168 Å². The van der Waals surface area contributed by atoms with Crippen molar-refractivity contribution >= 4 is 0 Å². The summed E-state index contributed by atoms with van der Waals surface area (Å²) in [5.41, 5.74) is 5.75. The van der Waals surface area contributed by atoms with Crippen molar-refractivity contribution in [2.75, 3.05) is 40.3 Å². The number of benzene rings is 2. The van der Waals surface area contributed by atoms with Crippen LogP contribution >= 0.6 is 0 Å². The molecule has 1 heterocycles. The summed E-state index contributed by atoms with van der Waals surface area (Å²) in [5, 5.41) is 0. The van der Waals surface area contributed by atoms with E-state index in [0.29, 0.717) is 0 Å². The normalized spacial score (nSPS) is 14.0. The zero-order valence-electron chi connectivity index (χ0n) is 18.5. The summed E-state index contributed by atoms with van der Waals surface area (Å²) in [6.07, 6.45) is 3.95. The lowest BCUT2D eigenvalue weighted by Gasteiger charge is -2.08. The van der Waals surface area contributed by atoms with Crippen molar-refractivity contribution in [1.82, 2.24) is 9.80 Å². The summed E-state index contributed by atoms with van der Waals surface area (Å²) in [6.45, 7) is 13.4. The van der Waals surface area contributed by atoms with Gasteiger partial charge in [0.05, 0.1) is 0 Å². The molecule has 150 valence electrons. The third kappa shape index (κ3) is 7.86. The first-order chi connectivity index (χ1) is 13.2. The molecule has 0 radical (unpaired) electrons. The van der Waals surface area contributed by atoms with E-state index < -0.39 is 0 Å². The van der Waals surface area contributed by atoms with Gasteiger partial charge in [0.15, 0.2) is 0 Å². The SMILES string of the molecule is CC.CCN(C)C.CCN1CCCC1.c1ccc2c(c1)Cc1ccccc1-2. The van der Waals surface area contributed by atoms with E-state index in [1.165, 1.54) is 54.7 Å². The van der Waals surface area contributed by atoms with Crippen molar-refractivity contribution in [3.8, 4) is 11.1 Å². The average Bonchev–Trinajstić information content (AvgIpc) is 3.38. The van der Waals surface area contributed by atoms with Crippen molar-refractivity contribution in [2.24, 2.45) is 0 Å². The number of fused-ring (bicyclic) bond motifs is 3. The fourth-order valence-electron chi connectivity index (χ4n) is 3.18. The molecule has 2 aromatic carbocycles. The molecule has 1 fully saturated rings. The third-order valence-electron chi connectivity index (χ3n) is 4.98. The van der Waals surface area contributed by atoms with Crippen molar-refractivity contribution in [2.45, 2.75) is 47.0 Å². The molecule has 0 amide bonds. The molecule has 0 spiro atoms. The first-order valence-corrected chi connectivity index (χ1v) is 10.7. The fraction of sp³-hybridized carbons (Fsp3) is 0.520. The van der Waals surface area contributed by atoms with E-state index in [0.717, 1.165) is 13.0 Å². The Morgan fingerprint density at radius 3 is 1.52 bits per heavy atom. The van der Waals surface area contributed by atoms with Crippen LogP contribution in [0.4, 0.5) is 0 Å². The van der Waals surface area contributed by atoms with Gasteiger partial charge < -0.3 is 9.80 Å². The first-order valence-electron chi connectivity index (χ1n) is 10.7. The molecule has 2 nitrogen and oxygen atoms in total. The molecule has 0 bridgehead atoms. The standard InChI is InChI=1S/C13H10.C6H13N.C4H11N.C2H6/c1-3-7-12-10(5-1)9-11-6-2-4-8-13(11)12;1-2-7-5-3-4-6-7;1-4-5(2)3;1-2/h1-8H,9H2;2-6H2,1H3;4H2,1-3H3;1-2H3. The largest absolute Gasteiger partial charge is 0.310 e. The second-order valence-electron chi connectivity index (χ2n) is 7.03. The molecule has 1 saturated heterocycles. The van der Waals surface area contributed by atoms with Crippen molar-refractivity contribution in [3.05, 3.63) is 59.7 Å². The van der Waals surface area contributed by atoms with E-state index >= 15 is 0 Å². The van der Waals surface area contributed by atoms with E-state index in [-0.39, 0.29) is 0 Å². The van der Waals surface area contributed by atoms with Gasteiger partial charge in [0.25, 0.3) is 0 Å². The summed E-state index contributed by atoms with van der Waals surface area (Å²) in [4.78, 5) is 4.61. The lowest BCUT2D eigenvalue weighted by atomic mass is 10.1. The topological polar surface area (TPSA) is 6.48 Å². The lowest BCUT2D eigenvalue weighted by molar-refractivity contribution is 0.359. The molecule has 2 aromatic rings. The molecule has 2 heteroatoms. The number of hydrogen-bond donors (Lipinski definition) is 0. The maximum atomic E-state index is 2.49. The van der Waals surface area contributed by atoms with Gasteiger partial charge in [-0.1, -0.05) is 76.2 Å². The minimum absolute atomic E-state index is 1.10. The molecule has 0 unspecified atom stereocenters. The molecule has 2 aliphatic rings. The number of hydrogen-bond acceptors (Lipinski definition) is 2. The second kappa shape index (κ2) is 13.5. The molecule has 0 atom stereocenters. The van der Waals surface area contributed by atoms with E-state index in [1.807, 2.05) is 13.8 Å². The quantitative estimate of drug-likeness (QED) is 0.551. The smallest absolute Gasteiger partial charge is 0.00135 e. The highest BCUT2D eigenvalue weighted by Gasteiger charge is 2.15.